The van der Waals surface area contributed by atoms with Crippen LogP contribution in [0.15, 0.2) is 53.6 Å². The largest absolute Gasteiger partial charge is 0.490 e. The summed E-state index contributed by atoms with van der Waals surface area (Å²) in [5.41, 5.74) is 1.43. The predicted octanol–water partition coefficient (Wildman–Crippen LogP) is 3.08. The molecule has 140 valence electrons. The number of hydrogen-bond acceptors (Lipinski definition) is 6. The van der Waals surface area contributed by atoms with Crippen molar-refractivity contribution in [2.75, 3.05) is 18.4 Å². The van der Waals surface area contributed by atoms with Crippen LogP contribution in [0.4, 0.5) is 11.6 Å². The van der Waals surface area contributed by atoms with Crippen molar-refractivity contribution in [3.63, 3.8) is 0 Å². The van der Waals surface area contributed by atoms with Crippen molar-refractivity contribution in [2.45, 2.75) is 23.8 Å². The first-order valence-corrected chi connectivity index (χ1v) is 9.90. The summed E-state index contributed by atoms with van der Waals surface area (Å²) in [6, 6.07) is 12.5. The summed E-state index contributed by atoms with van der Waals surface area (Å²) in [7, 11) is 0. The standard InChI is InChI=1S/C19H20N4O3S/c24-27(25)17-3-1-2-14(10-17)22-19-21-12-13-4-5-16(11-18(13)23-19)26-15-6-8-20-9-7-15/h1-5,10-12,15,20H,6-9H2,(H,24,25)(H,21,22,23). The second kappa shape index (κ2) is 7.99. The van der Waals surface area contributed by atoms with E-state index in [0.717, 1.165) is 42.6 Å². The monoisotopic (exact) mass is 384 g/mol. The number of rotatable bonds is 5. The fraction of sp³-hybridized carbons (Fsp3) is 0.263. The van der Waals surface area contributed by atoms with Crippen LogP contribution in [0, 0.1) is 0 Å². The predicted molar refractivity (Wildman–Crippen MR) is 105 cm³/mol. The lowest BCUT2D eigenvalue weighted by molar-refractivity contribution is 0.162. The van der Waals surface area contributed by atoms with Crippen LogP contribution in [0.5, 0.6) is 5.75 Å². The lowest BCUT2D eigenvalue weighted by Gasteiger charge is -2.23. The summed E-state index contributed by atoms with van der Waals surface area (Å²) < 4.78 is 26.5. The molecule has 27 heavy (non-hydrogen) atoms. The Kier molecular flexibility index (Phi) is 5.28. The summed E-state index contributed by atoms with van der Waals surface area (Å²) >= 11 is -2.03. The molecule has 1 fully saturated rings. The van der Waals surface area contributed by atoms with Gasteiger partial charge in [-0.2, -0.15) is 0 Å². The summed E-state index contributed by atoms with van der Waals surface area (Å²) in [5.74, 6) is 1.22. The number of nitrogens with one attached hydrogen (secondary N) is 2. The minimum Gasteiger partial charge on any atom is -0.490 e. The second-order valence-corrected chi connectivity index (χ2v) is 7.35. The molecule has 1 aliphatic rings. The molecule has 1 atom stereocenters. The minimum absolute atomic E-state index is 0.227. The molecule has 2 heterocycles. The summed E-state index contributed by atoms with van der Waals surface area (Å²) in [6.45, 7) is 1.96. The van der Waals surface area contributed by atoms with E-state index in [1.807, 2.05) is 18.2 Å². The molecule has 0 amide bonds. The van der Waals surface area contributed by atoms with E-state index in [-0.39, 0.29) is 6.10 Å². The Morgan fingerprint density at radius 1 is 1.19 bits per heavy atom. The maximum Gasteiger partial charge on any atom is 0.227 e. The van der Waals surface area contributed by atoms with Crippen molar-refractivity contribution >= 4 is 33.6 Å². The zero-order valence-electron chi connectivity index (χ0n) is 14.6. The number of fused-ring (bicyclic) bond motifs is 1. The SMILES string of the molecule is O=S(O)c1cccc(Nc2ncc3ccc(OC4CCNCC4)cc3n2)c1. The Morgan fingerprint density at radius 3 is 2.85 bits per heavy atom. The van der Waals surface area contributed by atoms with Gasteiger partial charge in [0.05, 0.1) is 10.4 Å². The van der Waals surface area contributed by atoms with E-state index >= 15 is 0 Å². The zero-order valence-corrected chi connectivity index (χ0v) is 15.4. The Labute approximate surface area is 159 Å². The van der Waals surface area contributed by atoms with Gasteiger partial charge >= 0.3 is 0 Å². The quantitative estimate of drug-likeness (QED) is 0.582. The van der Waals surface area contributed by atoms with Crippen molar-refractivity contribution < 1.29 is 13.5 Å². The van der Waals surface area contributed by atoms with Gasteiger partial charge in [-0.3, -0.25) is 0 Å². The second-order valence-electron chi connectivity index (χ2n) is 6.38. The Hall–Kier alpha value is -2.55. The molecule has 0 radical (unpaired) electrons. The molecule has 1 unspecified atom stereocenters. The summed E-state index contributed by atoms with van der Waals surface area (Å²) in [4.78, 5) is 9.18. The van der Waals surface area contributed by atoms with E-state index in [0.29, 0.717) is 16.5 Å². The van der Waals surface area contributed by atoms with Crippen LogP contribution in [-0.4, -0.2) is 37.9 Å². The molecule has 7 nitrogen and oxygen atoms in total. The van der Waals surface area contributed by atoms with Crippen LogP contribution in [0.25, 0.3) is 10.9 Å². The molecule has 0 spiro atoms. The normalized spacial score (nSPS) is 16.2. The van der Waals surface area contributed by atoms with Gasteiger partial charge in [-0.05, 0) is 56.3 Å². The number of nitrogens with zero attached hydrogens (tertiary/aromatic N) is 2. The lowest BCUT2D eigenvalue weighted by Crippen LogP contribution is -2.34. The maximum atomic E-state index is 11.2. The third-order valence-corrected chi connectivity index (χ3v) is 5.09. The van der Waals surface area contributed by atoms with Crippen molar-refractivity contribution in [3.8, 4) is 5.75 Å². The number of benzene rings is 2. The van der Waals surface area contributed by atoms with E-state index in [4.69, 9.17) is 4.74 Å². The van der Waals surface area contributed by atoms with Crippen LogP contribution in [0.3, 0.4) is 0 Å². The maximum absolute atomic E-state index is 11.2. The van der Waals surface area contributed by atoms with Gasteiger partial charge < -0.3 is 19.9 Å². The van der Waals surface area contributed by atoms with Gasteiger partial charge in [0.1, 0.15) is 11.9 Å². The highest BCUT2D eigenvalue weighted by Crippen LogP contribution is 2.24. The molecule has 0 aliphatic carbocycles. The third kappa shape index (κ3) is 4.41. The molecule has 1 aromatic heterocycles. The Bertz CT molecular complexity index is 976. The van der Waals surface area contributed by atoms with Crippen molar-refractivity contribution in [1.82, 2.24) is 15.3 Å². The summed E-state index contributed by atoms with van der Waals surface area (Å²) in [6.07, 6.45) is 3.96. The molecule has 0 bridgehead atoms. The first-order chi connectivity index (χ1) is 13.2. The molecule has 3 aromatic rings. The van der Waals surface area contributed by atoms with Crippen LogP contribution >= 0.6 is 0 Å². The Balaban J connectivity index is 1.55. The van der Waals surface area contributed by atoms with Crippen LogP contribution < -0.4 is 15.4 Å². The average Bonchev–Trinajstić information content (AvgIpc) is 2.69. The zero-order chi connectivity index (χ0) is 18.6. The molecule has 0 saturated carbocycles. The molecule has 1 aliphatic heterocycles. The van der Waals surface area contributed by atoms with E-state index in [1.165, 1.54) is 0 Å². The first-order valence-electron chi connectivity index (χ1n) is 8.79. The van der Waals surface area contributed by atoms with E-state index < -0.39 is 11.1 Å². The topological polar surface area (TPSA) is 96.4 Å². The number of anilines is 2. The van der Waals surface area contributed by atoms with E-state index in [1.54, 1.807) is 30.5 Å². The van der Waals surface area contributed by atoms with Crippen molar-refractivity contribution in [1.29, 1.82) is 0 Å². The van der Waals surface area contributed by atoms with Gasteiger partial charge in [0.15, 0.2) is 11.1 Å². The highest BCUT2D eigenvalue weighted by Gasteiger charge is 2.14. The van der Waals surface area contributed by atoms with Crippen molar-refractivity contribution in [3.05, 3.63) is 48.7 Å². The molecule has 1 saturated heterocycles. The molecular formula is C19H20N4O3S. The fourth-order valence-corrected chi connectivity index (χ4v) is 3.48. The van der Waals surface area contributed by atoms with Crippen LogP contribution in [0.1, 0.15) is 12.8 Å². The number of piperidine rings is 1. The Morgan fingerprint density at radius 2 is 2.04 bits per heavy atom. The first kappa shape index (κ1) is 17.8. The van der Waals surface area contributed by atoms with Crippen molar-refractivity contribution in [2.24, 2.45) is 0 Å². The third-order valence-electron chi connectivity index (χ3n) is 4.43. The number of hydrogen-bond donors (Lipinski definition) is 3. The van der Waals surface area contributed by atoms with Crippen LogP contribution in [-0.2, 0) is 11.1 Å². The van der Waals surface area contributed by atoms with E-state index in [9.17, 15) is 8.76 Å². The van der Waals surface area contributed by atoms with Gasteiger partial charge in [-0.1, -0.05) is 6.07 Å². The highest BCUT2D eigenvalue weighted by molar-refractivity contribution is 7.79. The average molecular weight is 384 g/mol. The molecule has 4 rings (SSSR count). The fourth-order valence-electron chi connectivity index (χ4n) is 3.05. The van der Waals surface area contributed by atoms with Gasteiger partial charge in [-0.25, -0.2) is 14.2 Å². The lowest BCUT2D eigenvalue weighted by atomic mass is 10.1. The van der Waals surface area contributed by atoms with Gasteiger partial charge in [0, 0.05) is 23.3 Å². The van der Waals surface area contributed by atoms with Gasteiger partial charge in [0.25, 0.3) is 0 Å². The molecule has 3 N–H and O–H groups in total. The minimum atomic E-state index is -2.03. The molecular weight excluding hydrogens is 364 g/mol. The van der Waals surface area contributed by atoms with Gasteiger partial charge in [-0.15, -0.1) is 0 Å². The van der Waals surface area contributed by atoms with E-state index in [2.05, 4.69) is 20.6 Å². The summed E-state index contributed by atoms with van der Waals surface area (Å²) in [5, 5.41) is 7.32. The number of ether oxygens (including phenoxy) is 1. The highest BCUT2D eigenvalue weighted by atomic mass is 32.2. The van der Waals surface area contributed by atoms with Crippen LogP contribution in [0.2, 0.25) is 0 Å². The number of aromatic nitrogens is 2. The van der Waals surface area contributed by atoms with Gasteiger partial charge in [0.2, 0.25) is 5.95 Å². The smallest absolute Gasteiger partial charge is 0.227 e. The molecule has 2 aromatic carbocycles. The molecule has 8 heteroatoms.